The fraction of sp³-hybridized carbons (Fsp3) is 0.312. The van der Waals surface area contributed by atoms with Gasteiger partial charge in [-0.15, -0.1) is 0 Å². The van der Waals surface area contributed by atoms with Crippen LogP contribution in [0.2, 0.25) is 0 Å². The van der Waals surface area contributed by atoms with E-state index in [1.54, 1.807) is 0 Å². The van der Waals surface area contributed by atoms with Crippen LogP contribution in [-0.4, -0.2) is 18.1 Å². The summed E-state index contributed by atoms with van der Waals surface area (Å²) in [5.74, 6) is 0.962. The highest BCUT2D eigenvalue weighted by molar-refractivity contribution is 5.71. The molecule has 1 aromatic heterocycles. The van der Waals surface area contributed by atoms with Crippen LogP contribution in [-0.2, 0) is 6.42 Å². The van der Waals surface area contributed by atoms with Crippen LogP contribution in [0.15, 0.2) is 42.6 Å². The first-order valence-corrected chi connectivity index (χ1v) is 6.94. The maximum Gasteiger partial charge on any atom is 0.127 e. The number of hydrogen-bond acceptors (Lipinski definition) is 3. The Morgan fingerprint density at radius 2 is 2.16 bits per heavy atom. The van der Waals surface area contributed by atoms with Crippen LogP contribution in [0.25, 0.3) is 0 Å². The zero-order valence-corrected chi connectivity index (χ0v) is 11.3. The molecule has 19 heavy (non-hydrogen) atoms. The van der Waals surface area contributed by atoms with Crippen molar-refractivity contribution in [3.05, 3.63) is 48.2 Å². The summed E-state index contributed by atoms with van der Waals surface area (Å²) in [6.45, 7) is 4.18. The second kappa shape index (κ2) is 5.31. The average Bonchev–Trinajstić information content (AvgIpc) is 2.89. The van der Waals surface area contributed by atoms with E-state index in [9.17, 15) is 0 Å². The van der Waals surface area contributed by atoms with Gasteiger partial charge in [0.05, 0.1) is 0 Å². The van der Waals surface area contributed by atoms with Gasteiger partial charge < -0.3 is 10.2 Å². The summed E-state index contributed by atoms with van der Waals surface area (Å²) in [6.07, 6.45) is 4.11. The third-order valence-electron chi connectivity index (χ3n) is 3.50. The summed E-state index contributed by atoms with van der Waals surface area (Å²) in [5, 5.41) is 3.34. The van der Waals surface area contributed by atoms with Crippen molar-refractivity contribution in [1.82, 2.24) is 4.98 Å². The number of pyridine rings is 1. The van der Waals surface area contributed by atoms with Crippen molar-refractivity contribution in [1.29, 1.82) is 0 Å². The van der Waals surface area contributed by atoms with E-state index in [1.165, 1.54) is 16.9 Å². The molecule has 0 unspecified atom stereocenters. The topological polar surface area (TPSA) is 28.2 Å². The van der Waals surface area contributed by atoms with Gasteiger partial charge in [-0.3, -0.25) is 0 Å². The van der Waals surface area contributed by atoms with E-state index < -0.39 is 0 Å². The predicted octanol–water partition coefficient (Wildman–Crippen LogP) is 3.60. The van der Waals surface area contributed by atoms with Crippen LogP contribution < -0.4 is 10.2 Å². The van der Waals surface area contributed by atoms with Gasteiger partial charge in [0.15, 0.2) is 0 Å². The van der Waals surface area contributed by atoms with Crippen molar-refractivity contribution in [3.8, 4) is 0 Å². The molecule has 0 bridgehead atoms. The van der Waals surface area contributed by atoms with E-state index in [2.05, 4.69) is 58.5 Å². The second-order valence-electron chi connectivity index (χ2n) is 4.86. The molecule has 3 nitrogen and oxygen atoms in total. The molecule has 1 N–H and O–H groups in total. The largest absolute Gasteiger partial charge is 0.370 e. The number of benzene rings is 1. The highest BCUT2D eigenvalue weighted by Crippen LogP contribution is 2.34. The summed E-state index contributed by atoms with van der Waals surface area (Å²) >= 11 is 0. The average molecular weight is 253 g/mol. The summed E-state index contributed by atoms with van der Waals surface area (Å²) in [4.78, 5) is 6.74. The molecule has 3 heteroatoms. The molecule has 3 rings (SSSR count). The van der Waals surface area contributed by atoms with Crippen LogP contribution in [0.3, 0.4) is 0 Å². The molecule has 1 aliphatic heterocycles. The lowest BCUT2D eigenvalue weighted by Gasteiger charge is -2.20. The third-order valence-corrected chi connectivity index (χ3v) is 3.50. The molecule has 98 valence electrons. The van der Waals surface area contributed by atoms with E-state index in [0.717, 1.165) is 31.7 Å². The van der Waals surface area contributed by atoms with Crippen molar-refractivity contribution in [2.45, 2.75) is 19.8 Å². The molecule has 0 radical (unpaired) electrons. The molecule has 2 aromatic rings. The first-order chi connectivity index (χ1) is 9.38. The predicted molar refractivity (Wildman–Crippen MR) is 80.2 cm³/mol. The van der Waals surface area contributed by atoms with Crippen LogP contribution in [0.4, 0.5) is 17.2 Å². The Hall–Kier alpha value is -2.03. The van der Waals surface area contributed by atoms with E-state index in [4.69, 9.17) is 0 Å². The van der Waals surface area contributed by atoms with Gasteiger partial charge in [0.25, 0.3) is 0 Å². The summed E-state index contributed by atoms with van der Waals surface area (Å²) in [7, 11) is 0. The van der Waals surface area contributed by atoms with Crippen LogP contribution in [0.5, 0.6) is 0 Å². The monoisotopic (exact) mass is 253 g/mol. The molecule has 0 atom stereocenters. The lowest BCUT2D eigenvalue weighted by molar-refractivity contribution is 0.964. The number of nitrogens with zero attached hydrogens (tertiary/aromatic N) is 2. The number of hydrogen-bond donors (Lipinski definition) is 1. The molecule has 1 aliphatic rings. The first-order valence-electron chi connectivity index (χ1n) is 6.94. The Morgan fingerprint density at radius 1 is 1.26 bits per heavy atom. The summed E-state index contributed by atoms with van der Waals surface area (Å²) in [5.41, 5.74) is 3.98. The van der Waals surface area contributed by atoms with Crippen molar-refractivity contribution in [2.24, 2.45) is 0 Å². The van der Waals surface area contributed by atoms with E-state index in [1.807, 2.05) is 6.20 Å². The lowest BCUT2D eigenvalue weighted by Crippen LogP contribution is -2.13. The SMILES string of the molecule is CCCNc1cc(N2CCc3ccccc32)ccn1. The van der Waals surface area contributed by atoms with Crippen LogP contribution in [0, 0.1) is 0 Å². The highest BCUT2D eigenvalue weighted by Gasteiger charge is 2.19. The fourth-order valence-electron chi connectivity index (χ4n) is 2.54. The van der Waals surface area contributed by atoms with E-state index in [-0.39, 0.29) is 0 Å². The standard InChI is InChI=1S/C16H19N3/c1-2-9-17-16-12-14(7-10-18-16)19-11-8-13-5-3-4-6-15(13)19/h3-7,10,12H,2,8-9,11H2,1H3,(H,17,18). The van der Waals surface area contributed by atoms with Crippen molar-refractivity contribution >= 4 is 17.2 Å². The van der Waals surface area contributed by atoms with Gasteiger partial charge in [-0.25, -0.2) is 4.98 Å². The minimum atomic E-state index is 0.962. The Bertz CT molecular complexity index is 565. The minimum Gasteiger partial charge on any atom is -0.370 e. The van der Waals surface area contributed by atoms with Gasteiger partial charge >= 0.3 is 0 Å². The number of nitrogens with one attached hydrogen (secondary N) is 1. The van der Waals surface area contributed by atoms with Crippen molar-refractivity contribution in [3.63, 3.8) is 0 Å². The second-order valence-corrected chi connectivity index (χ2v) is 4.86. The molecule has 0 aliphatic carbocycles. The Balaban J connectivity index is 1.87. The molecular formula is C16H19N3. The molecule has 0 fully saturated rings. The number of aromatic nitrogens is 1. The van der Waals surface area contributed by atoms with Gasteiger partial charge in [0, 0.05) is 36.7 Å². The molecule has 2 heterocycles. The van der Waals surface area contributed by atoms with Gasteiger partial charge in [0.2, 0.25) is 0 Å². The third kappa shape index (κ3) is 2.41. The van der Waals surface area contributed by atoms with E-state index in [0.29, 0.717) is 0 Å². The molecule has 1 aromatic carbocycles. The minimum absolute atomic E-state index is 0.962. The number of para-hydroxylation sites is 1. The van der Waals surface area contributed by atoms with E-state index >= 15 is 0 Å². The lowest BCUT2D eigenvalue weighted by atomic mass is 10.2. The normalized spacial score (nSPS) is 13.4. The smallest absolute Gasteiger partial charge is 0.127 e. The van der Waals surface area contributed by atoms with Gasteiger partial charge in [-0.05, 0) is 30.5 Å². The molecular weight excluding hydrogens is 234 g/mol. The number of fused-ring (bicyclic) bond motifs is 1. The molecule has 0 spiro atoms. The van der Waals surface area contributed by atoms with Gasteiger partial charge in [-0.2, -0.15) is 0 Å². The van der Waals surface area contributed by atoms with Crippen LogP contribution in [0.1, 0.15) is 18.9 Å². The number of anilines is 3. The van der Waals surface area contributed by atoms with Gasteiger partial charge in [0.1, 0.15) is 5.82 Å². The Morgan fingerprint density at radius 3 is 3.05 bits per heavy atom. The van der Waals surface area contributed by atoms with Crippen molar-refractivity contribution < 1.29 is 0 Å². The number of rotatable bonds is 4. The maximum absolute atomic E-state index is 4.37. The highest BCUT2D eigenvalue weighted by atomic mass is 15.2. The zero-order chi connectivity index (χ0) is 13.1. The maximum atomic E-state index is 4.37. The summed E-state index contributed by atoms with van der Waals surface area (Å²) < 4.78 is 0. The summed E-state index contributed by atoms with van der Waals surface area (Å²) in [6, 6.07) is 12.9. The molecule has 0 saturated heterocycles. The molecule has 0 saturated carbocycles. The van der Waals surface area contributed by atoms with Crippen LogP contribution >= 0.6 is 0 Å². The quantitative estimate of drug-likeness (QED) is 0.902. The molecule has 0 amide bonds. The Labute approximate surface area is 114 Å². The Kier molecular flexibility index (Phi) is 3.36. The first kappa shape index (κ1) is 12.0. The van der Waals surface area contributed by atoms with Gasteiger partial charge in [-0.1, -0.05) is 25.1 Å². The zero-order valence-electron chi connectivity index (χ0n) is 11.3. The van der Waals surface area contributed by atoms with Crippen molar-refractivity contribution in [2.75, 3.05) is 23.3 Å². The fourth-order valence-corrected chi connectivity index (χ4v) is 2.54.